The molecule has 18 heavy (non-hydrogen) atoms. The summed E-state index contributed by atoms with van der Waals surface area (Å²) in [6, 6.07) is 4.65. The molecule has 1 aliphatic rings. The molecule has 0 saturated heterocycles. The Labute approximate surface area is 113 Å². The highest BCUT2D eigenvalue weighted by molar-refractivity contribution is 7.10. The topological polar surface area (TPSA) is 41.1 Å². The normalized spacial score (nSPS) is 16.8. The van der Waals surface area contributed by atoms with Crippen LogP contribution in [0.15, 0.2) is 17.5 Å². The van der Waals surface area contributed by atoms with Crippen molar-refractivity contribution in [2.24, 2.45) is 11.8 Å². The first-order valence-corrected chi connectivity index (χ1v) is 7.61. The minimum absolute atomic E-state index is 0.231. The molecule has 1 heterocycles. The second kappa shape index (κ2) is 6.34. The van der Waals surface area contributed by atoms with Crippen LogP contribution in [0.2, 0.25) is 0 Å². The summed E-state index contributed by atoms with van der Waals surface area (Å²) in [7, 11) is 0. The minimum atomic E-state index is 0.231. The van der Waals surface area contributed by atoms with Crippen LogP contribution in [-0.4, -0.2) is 19.0 Å². The van der Waals surface area contributed by atoms with Gasteiger partial charge >= 0.3 is 0 Å². The third kappa shape index (κ3) is 3.82. The van der Waals surface area contributed by atoms with Crippen LogP contribution in [-0.2, 0) is 4.79 Å². The van der Waals surface area contributed by atoms with E-state index in [0.29, 0.717) is 17.9 Å². The number of rotatable bonds is 7. The molecule has 4 heteroatoms. The number of carbonyl (C=O) groups excluding carboxylic acids is 1. The van der Waals surface area contributed by atoms with Crippen LogP contribution in [0.4, 0.5) is 0 Å². The average Bonchev–Trinajstić information content (AvgIpc) is 3.06. The van der Waals surface area contributed by atoms with Gasteiger partial charge in [0.25, 0.3) is 0 Å². The van der Waals surface area contributed by atoms with Gasteiger partial charge in [-0.3, -0.25) is 4.79 Å². The first kappa shape index (κ1) is 13.6. The van der Waals surface area contributed by atoms with Gasteiger partial charge in [-0.05, 0) is 30.2 Å². The fourth-order valence-electron chi connectivity index (χ4n) is 2.04. The van der Waals surface area contributed by atoms with Crippen LogP contribution in [0.25, 0.3) is 0 Å². The summed E-state index contributed by atoms with van der Waals surface area (Å²) in [5, 5.41) is 8.63. The van der Waals surface area contributed by atoms with Crippen LogP contribution in [0.1, 0.15) is 37.6 Å². The molecular weight excluding hydrogens is 244 g/mol. The molecule has 100 valence electrons. The zero-order valence-electron chi connectivity index (χ0n) is 11.1. The summed E-state index contributed by atoms with van der Waals surface area (Å²) in [5.41, 5.74) is 0. The monoisotopic (exact) mass is 266 g/mol. The molecule has 1 saturated carbocycles. The van der Waals surface area contributed by atoms with E-state index in [-0.39, 0.29) is 5.91 Å². The third-order valence-electron chi connectivity index (χ3n) is 3.25. The van der Waals surface area contributed by atoms with Crippen molar-refractivity contribution >= 4 is 17.2 Å². The SMILES string of the molecule is CC(C)C(NCCNC(=O)C1CC1)c1cccs1. The van der Waals surface area contributed by atoms with Crippen molar-refractivity contribution in [3.8, 4) is 0 Å². The van der Waals surface area contributed by atoms with Crippen molar-refractivity contribution in [2.45, 2.75) is 32.7 Å². The van der Waals surface area contributed by atoms with E-state index < -0.39 is 0 Å². The average molecular weight is 266 g/mol. The molecule has 0 aliphatic heterocycles. The van der Waals surface area contributed by atoms with Gasteiger partial charge < -0.3 is 10.6 Å². The lowest BCUT2D eigenvalue weighted by atomic mass is 10.0. The standard InChI is InChI=1S/C14H22N2OS/c1-10(2)13(12-4-3-9-18-12)15-7-8-16-14(17)11-5-6-11/h3-4,9-11,13,15H,5-8H2,1-2H3,(H,16,17). The van der Waals surface area contributed by atoms with E-state index in [9.17, 15) is 4.79 Å². The number of nitrogens with one attached hydrogen (secondary N) is 2. The van der Waals surface area contributed by atoms with E-state index >= 15 is 0 Å². The molecule has 1 atom stereocenters. The lowest BCUT2D eigenvalue weighted by molar-refractivity contribution is -0.122. The van der Waals surface area contributed by atoms with Crippen LogP contribution >= 0.6 is 11.3 Å². The molecule has 1 fully saturated rings. The lowest BCUT2D eigenvalue weighted by Crippen LogP contribution is -2.35. The Bertz CT molecular complexity index is 371. The van der Waals surface area contributed by atoms with E-state index in [1.165, 1.54) is 4.88 Å². The number of hydrogen-bond donors (Lipinski definition) is 2. The van der Waals surface area contributed by atoms with Gasteiger partial charge in [-0.15, -0.1) is 11.3 Å². The molecule has 2 N–H and O–H groups in total. The molecule has 2 rings (SSSR count). The van der Waals surface area contributed by atoms with E-state index in [0.717, 1.165) is 25.9 Å². The van der Waals surface area contributed by atoms with Crippen molar-refractivity contribution < 1.29 is 4.79 Å². The van der Waals surface area contributed by atoms with Crippen LogP contribution in [0.5, 0.6) is 0 Å². The number of thiophene rings is 1. The van der Waals surface area contributed by atoms with Gasteiger partial charge in [0.05, 0.1) is 0 Å². The molecular formula is C14H22N2OS. The fraction of sp³-hybridized carbons (Fsp3) is 0.643. The van der Waals surface area contributed by atoms with Gasteiger partial charge in [-0.2, -0.15) is 0 Å². The van der Waals surface area contributed by atoms with Crippen molar-refractivity contribution in [2.75, 3.05) is 13.1 Å². The smallest absolute Gasteiger partial charge is 0.223 e. The van der Waals surface area contributed by atoms with Gasteiger partial charge in [-0.1, -0.05) is 19.9 Å². The second-order valence-corrected chi connectivity index (χ2v) is 6.24. The predicted molar refractivity (Wildman–Crippen MR) is 75.6 cm³/mol. The fourth-order valence-corrected chi connectivity index (χ4v) is 3.01. The van der Waals surface area contributed by atoms with Gasteiger partial charge in [0.2, 0.25) is 5.91 Å². The Morgan fingerprint density at radius 3 is 2.78 bits per heavy atom. The van der Waals surface area contributed by atoms with Gasteiger partial charge in [0.15, 0.2) is 0 Å². The molecule has 1 amide bonds. The van der Waals surface area contributed by atoms with Crippen LogP contribution in [0, 0.1) is 11.8 Å². The molecule has 1 aliphatic carbocycles. The summed E-state index contributed by atoms with van der Waals surface area (Å²) in [6.45, 7) is 6.00. The van der Waals surface area contributed by atoms with Crippen molar-refractivity contribution in [1.29, 1.82) is 0 Å². The first-order chi connectivity index (χ1) is 8.68. The molecule has 0 aromatic carbocycles. The zero-order valence-corrected chi connectivity index (χ0v) is 11.9. The molecule has 1 unspecified atom stereocenters. The summed E-state index contributed by atoms with van der Waals surface area (Å²) in [6.07, 6.45) is 2.14. The van der Waals surface area contributed by atoms with Crippen molar-refractivity contribution in [3.63, 3.8) is 0 Å². The molecule has 0 spiro atoms. The Morgan fingerprint density at radius 1 is 1.44 bits per heavy atom. The van der Waals surface area contributed by atoms with E-state index in [4.69, 9.17) is 0 Å². The zero-order chi connectivity index (χ0) is 13.0. The summed E-state index contributed by atoms with van der Waals surface area (Å²) < 4.78 is 0. The number of amides is 1. The Hall–Kier alpha value is -0.870. The first-order valence-electron chi connectivity index (χ1n) is 6.73. The molecule has 3 nitrogen and oxygen atoms in total. The Kier molecular flexibility index (Phi) is 4.78. The van der Waals surface area contributed by atoms with Crippen LogP contribution in [0.3, 0.4) is 0 Å². The van der Waals surface area contributed by atoms with Gasteiger partial charge in [0, 0.05) is 29.9 Å². The molecule has 0 bridgehead atoms. The van der Waals surface area contributed by atoms with Crippen molar-refractivity contribution in [1.82, 2.24) is 10.6 Å². The van der Waals surface area contributed by atoms with E-state index in [2.05, 4.69) is 42.0 Å². The van der Waals surface area contributed by atoms with Crippen molar-refractivity contribution in [3.05, 3.63) is 22.4 Å². The maximum atomic E-state index is 11.5. The van der Waals surface area contributed by atoms with Gasteiger partial charge in [0.1, 0.15) is 0 Å². The molecule has 0 radical (unpaired) electrons. The number of hydrogen-bond acceptors (Lipinski definition) is 3. The number of carbonyl (C=O) groups is 1. The van der Waals surface area contributed by atoms with Gasteiger partial charge in [-0.25, -0.2) is 0 Å². The summed E-state index contributed by atoms with van der Waals surface area (Å²) >= 11 is 1.79. The summed E-state index contributed by atoms with van der Waals surface area (Å²) in [4.78, 5) is 12.8. The Morgan fingerprint density at radius 2 is 2.22 bits per heavy atom. The molecule has 1 aromatic rings. The maximum absolute atomic E-state index is 11.5. The Balaban J connectivity index is 1.71. The predicted octanol–water partition coefficient (Wildman–Crippen LogP) is 2.56. The minimum Gasteiger partial charge on any atom is -0.355 e. The maximum Gasteiger partial charge on any atom is 0.223 e. The molecule has 1 aromatic heterocycles. The summed E-state index contributed by atoms with van der Waals surface area (Å²) in [5.74, 6) is 1.10. The highest BCUT2D eigenvalue weighted by Gasteiger charge is 2.29. The highest BCUT2D eigenvalue weighted by Crippen LogP contribution is 2.28. The van der Waals surface area contributed by atoms with Crippen LogP contribution < -0.4 is 10.6 Å². The van der Waals surface area contributed by atoms with E-state index in [1.807, 2.05) is 0 Å². The lowest BCUT2D eigenvalue weighted by Gasteiger charge is -2.21. The highest BCUT2D eigenvalue weighted by atomic mass is 32.1. The third-order valence-corrected chi connectivity index (χ3v) is 4.21. The second-order valence-electron chi connectivity index (χ2n) is 5.26. The van der Waals surface area contributed by atoms with E-state index in [1.54, 1.807) is 11.3 Å². The largest absolute Gasteiger partial charge is 0.355 e. The quantitative estimate of drug-likeness (QED) is 0.745.